The molecule has 1 N–H and O–H groups in total. The van der Waals surface area contributed by atoms with E-state index in [0.29, 0.717) is 6.42 Å². The van der Waals surface area contributed by atoms with Crippen molar-refractivity contribution in [3.05, 3.63) is 28.7 Å². The standard InChI is InChI=1S/C15H21BrN2O2/c1-11-9-18(10-12(2)20-11)8-7-15(19)17-14-5-3-13(16)4-6-14/h3-6,11-12H,7-10H2,1-2H3,(H,17,19)/t11-,12-/m0/s1. The number of anilines is 1. The van der Waals surface area contributed by atoms with Crippen molar-refractivity contribution < 1.29 is 9.53 Å². The van der Waals surface area contributed by atoms with Crippen LogP contribution in [0.4, 0.5) is 5.69 Å². The summed E-state index contributed by atoms with van der Waals surface area (Å²) in [7, 11) is 0. The fraction of sp³-hybridized carbons (Fsp3) is 0.533. The Morgan fingerprint density at radius 1 is 1.30 bits per heavy atom. The van der Waals surface area contributed by atoms with Crippen molar-refractivity contribution in [1.29, 1.82) is 0 Å². The van der Waals surface area contributed by atoms with Crippen LogP contribution >= 0.6 is 15.9 Å². The van der Waals surface area contributed by atoms with Crippen LogP contribution in [0.5, 0.6) is 0 Å². The summed E-state index contributed by atoms with van der Waals surface area (Å²) in [4.78, 5) is 14.2. The number of ether oxygens (including phenoxy) is 1. The van der Waals surface area contributed by atoms with Gasteiger partial charge in [0.25, 0.3) is 0 Å². The molecule has 1 aromatic carbocycles. The molecule has 5 heteroatoms. The Kier molecular flexibility index (Phi) is 5.57. The summed E-state index contributed by atoms with van der Waals surface area (Å²) in [6, 6.07) is 7.61. The van der Waals surface area contributed by atoms with E-state index in [1.54, 1.807) is 0 Å². The zero-order valence-corrected chi connectivity index (χ0v) is 13.5. The summed E-state index contributed by atoms with van der Waals surface area (Å²) < 4.78 is 6.69. The zero-order chi connectivity index (χ0) is 14.5. The number of nitrogens with zero attached hydrogens (tertiary/aromatic N) is 1. The monoisotopic (exact) mass is 340 g/mol. The number of hydrogen-bond acceptors (Lipinski definition) is 3. The van der Waals surface area contributed by atoms with Crippen molar-refractivity contribution in [2.75, 3.05) is 25.0 Å². The lowest BCUT2D eigenvalue weighted by atomic mass is 10.2. The number of nitrogens with one attached hydrogen (secondary N) is 1. The van der Waals surface area contributed by atoms with Gasteiger partial charge in [0, 0.05) is 36.2 Å². The quantitative estimate of drug-likeness (QED) is 0.916. The predicted octanol–water partition coefficient (Wildman–Crippen LogP) is 2.89. The van der Waals surface area contributed by atoms with E-state index in [1.807, 2.05) is 24.3 Å². The minimum atomic E-state index is 0.0547. The summed E-state index contributed by atoms with van der Waals surface area (Å²) in [6.45, 7) is 6.72. The van der Waals surface area contributed by atoms with E-state index in [1.165, 1.54) is 0 Å². The van der Waals surface area contributed by atoms with Crippen molar-refractivity contribution in [1.82, 2.24) is 4.90 Å². The molecule has 2 atom stereocenters. The highest BCUT2D eigenvalue weighted by Gasteiger charge is 2.22. The third-order valence-corrected chi connectivity index (χ3v) is 3.81. The van der Waals surface area contributed by atoms with E-state index in [-0.39, 0.29) is 18.1 Å². The molecular weight excluding hydrogens is 320 g/mol. The van der Waals surface area contributed by atoms with Gasteiger partial charge in [-0.2, -0.15) is 0 Å². The van der Waals surface area contributed by atoms with Gasteiger partial charge in [0.15, 0.2) is 0 Å². The van der Waals surface area contributed by atoms with Gasteiger partial charge in [-0.1, -0.05) is 15.9 Å². The molecule has 0 bridgehead atoms. The molecule has 2 rings (SSSR count). The van der Waals surface area contributed by atoms with Crippen LogP contribution in [-0.2, 0) is 9.53 Å². The fourth-order valence-electron chi connectivity index (χ4n) is 2.48. The number of hydrogen-bond donors (Lipinski definition) is 1. The van der Waals surface area contributed by atoms with Crippen molar-refractivity contribution in [2.45, 2.75) is 32.5 Å². The maximum Gasteiger partial charge on any atom is 0.225 e. The van der Waals surface area contributed by atoms with Crippen LogP contribution in [0, 0.1) is 0 Å². The molecule has 1 saturated heterocycles. The van der Waals surface area contributed by atoms with Gasteiger partial charge in [-0.25, -0.2) is 0 Å². The van der Waals surface area contributed by atoms with E-state index < -0.39 is 0 Å². The molecule has 1 aliphatic heterocycles. The lowest BCUT2D eigenvalue weighted by molar-refractivity contribution is -0.117. The molecule has 0 aromatic heterocycles. The van der Waals surface area contributed by atoms with Gasteiger partial charge >= 0.3 is 0 Å². The molecule has 0 spiro atoms. The number of halogens is 1. The number of morpholine rings is 1. The SMILES string of the molecule is C[C@H]1CN(CCC(=O)Nc2ccc(Br)cc2)C[C@H](C)O1. The first kappa shape index (κ1) is 15.5. The molecule has 0 saturated carbocycles. The first-order valence-corrected chi connectivity index (χ1v) is 7.75. The molecule has 1 aliphatic rings. The predicted molar refractivity (Wildman–Crippen MR) is 83.8 cm³/mol. The van der Waals surface area contributed by atoms with E-state index in [2.05, 4.69) is 40.0 Å². The number of carbonyl (C=O) groups is 1. The van der Waals surface area contributed by atoms with Crippen LogP contribution < -0.4 is 5.32 Å². The van der Waals surface area contributed by atoms with Crippen LogP contribution in [0.15, 0.2) is 28.7 Å². The smallest absolute Gasteiger partial charge is 0.225 e. The second-order valence-electron chi connectivity index (χ2n) is 5.32. The lowest BCUT2D eigenvalue weighted by Crippen LogP contribution is -2.46. The van der Waals surface area contributed by atoms with Crippen molar-refractivity contribution >= 4 is 27.5 Å². The van der Waals surface area contributed by atoms with Gasteiger partial charge in [0.1, 0.15) is 0 Å². The first-order chi connectivity index (χ1) is 9.52. The van der Waals surface area contributed by atoms with E-state index in [4.69, 9.17) is 4.74 Å². The summed E-state index contributed by atoms with van der Waals surface area (Å²) in [5.41, 5.74) is 0.835. The minimum Gasteiger partial charge on any atom is -0.373 e. The normalized spacial score (nSPS) is 23.6. The Labute approximate surface area is 128 Å². The average molecular weight is 341 g/mol. The first-order valence-electron chi connectivity index (χ1n) is 6.96. The largest absolute Gasteiger partial charge is 0.373 e. The van der Waals surface area contributed by atoms with Crippen molar-refractivity contribution in [3.63, 3.8) is 0 Å². The molecule has 1 fully saturated rings. The lowest BCUT2D eigenvalue weighted by Gasteiger charge is -2.35. The molecule has 110 valence electrons. The topological polar surface area (TPSA) is 41.6 Å². The Morgan fingerprint density at radius 3 is 2.50 bits per heavy atom. The van der Waals surface area contributed by atoms with Gasteiger partial charge in [-0.3, -0.25) is 9.69 Å². The summed E-state index contributed by atoms with van der Waals surface area (Å²) in [5, 5.41) is 2.91. The Balaban J connectivity index is 1.76. The Hall–Kier alpha value is -0.910. The fourth-order valence-corrected chi connectivity index (χ4v) is 2.75. The molecular formula is C15H21BrN2O2. The van der Waals surface area contributed by atoms with Crippen LogP contribution in [0.2, 0.25) is 0 Å². The van der Waals surface area contributed by atoms with Gasteiger partial charge in [-0.05, 0) is 38.1 Å². The molecule has 1 heterocycles. The molecule has 0 unspecified atom stereocenters. The number of benzene rings is 1. The van der Waals surface area contributed by atoms with E-state index in [0.717, 1.165) is 29.8 Å². The Morgan fingerprint density at radius 2 is 1.90 bits per heavy atom. The summed E-state index contributed by atoms with van der Waals surface area (Å²) >= 11 is 3.37. The number of carbonyl (C=O) groups excluding carboxylic acids is 1. The van der Waals surface area contributed by atoms with Gasteiger partial charge < -0.3 is 10.1 Å². The highest BCUT2D eigenvalue weighted by atomic mass is 79.9. The van der Waals surface area contributed by atoms with Crippen LogP contribution in [0.25, 0.3) is 0 Å². The summed E-state index contributed by atoms with van der Waals surface area (Å²) in [6.07, 6.45) is 0.997. The molecule has 1 amide bonds. The molecule has 0 aliphatic carbocycles. The second-order valence-corrected chi connectivity index (χ2v) is 6.24. The van der Waals surface area contributed by atoms with Crippen LogP contribution in [0.1, 0.15) is 20.3 Å². The van der Waals surface area contributed by atoms with Crippen LogP contribution in [-0.4, -0.2) is 42.6 Å². The van der Waals surface area contributed by atoms with Gasteiger partial charge in [-0.15, -0.1) is 0 Å². The highest BCUT2D eigenvalue weighted by molar-refractivity contribution is 9.10. The Bertz CT molecular complexity index is 440. The molecule has 4 nitrogen and oxygen atoms in total. The van der Waals surface area contributed by atoms with Gasteiger partial charge in [0.2, 0.25) is 5.91 Å². The average Bonchev–Trinajstić information content (AvgIpc) is 2.38. The minimum absolute atomic E-state index is 0.0547. The number of amides is 1. The highest BCUT2D eigenvalue weighted by Crippen LogP contribution is 2.15. The second kappa shape index (κ2) is 7.20. The molecule has 0 radical (unpaired) electrons. The van der Waals surface area contributed by atoms with E-state index >= 15 is 0 Å². The zero-order valence-electron chi connectivity index (χ0n) is 11.9. The summed E-state index contributed by atoms with van der Waals surface area (Å²) in [5.74, 6) is 0.0547. The van der Waals surface area contributed by atoms with Crippen molar-refractivity contribution in [3.8, 4) is 0 Å². The third-order valence-electron chi connectivity index (χ3n) is 3.28. The third kappa shape index (κ3) is 4.89. The molecule has 20 heavy (non-hydrogen) atoms. The maximum atomic E-state index is 11.9. The molecule has 1 aromatic rings. The van der Waals surface area contributed by atoms with E-state index in [9.17, 15) is 4.79 Å². The maximum absolute atomic E-state index is 11.9. The van der Waals surface area contributed by atoms with Crippen molar-refractivity contribution in [2.24, 2.45) is 0 Å². The van der Waals surface area contributed by atoms with Gasteiger partial charge in [0.05, 0.1) is 12.2 Å². The number of rotatable bonds is 4. The van der Waals surface area contributed by atoms with Crippen LogP contribution in [0.3, 0.4) is 0 Å².